The van der Waals surface area contributed by atoms with E-state index in [2.05, 4.69) is 5.32 Å². The molecule has 3 atom stereocenters. The second-order valence-corrected chi connectivity index (χ2v) is 10.2. The molecular formula is C21H26ClFN2O2S. The molecule has 3 N–H and O–H groups in total. The van der Waals surface area contributed by atoms with Crippen LogP contribution in [0.4, 0.5) is 4.39 Å². The number of rotatable bonds is 4. The lowest BCUT2D eigenvalue weighted by Gasteiger charge is -2.35. The highest BCUT2D eigenvalue weighted by molar-refractivity contribution is 7.92. The minimum atomic E-state index is -3.46. The van der Waals surface area contributed by atoms with Crippen molar-refractivity contribution in [3.8, 4) is 0 Å². The van der Waals surface area contributed by atoms with E-state index in [1.54, 1.807) is 6.07 Å². The second-order valence-electron chi connectivity index (χ2n) is 7.89. The minimum absolute atomic E-state index is 0. The fourth-order valence-corrected chi connectivity index (χ4v) is 6.33. The molecule has 1 saturated carbocycles. The molecule has 0 spiro atoms. The van der Waals surface area contributed by atoms with E-state index in [1.807, 2.05) is 43.3 Å². The number of halogens is 2. The van der Waals surface area contributed by atoms with Gasteiger partial charge in [0.1, 0.15) is 5.82 Å². The van der Waals surface area contributed by atoms with Gasteiger partial charge in [-0.3, -0.25) is 0 Å². The molecule has 1 aliphatic heterocycles. The Bertz CT molecular complexity index is 948. The van der Waals surface area contributed by atoms with Crippen molar-refractivity contribution >= 4 is 22.2 Å². The van der Waals surface area contributed by atoms with Gasteiger partial charge in [0, 0.05) is 18.1 Å². The molecule has 28 heavy (non-hydrogen) atoms. The van der Waals surface area contributed by atoms with Gasteiger partial charge in [-0.15, -0.1) is 12.4 Å². The first kappa shape index (κ1) is 21.2. The standard InChI is InChI=1S/C21H25FN2O2S.ClH/c1-14-19(11-16-7-8-17(12-18(16)22)21(23)9-10-21)27(25,26)20(13-24-14)15-5-3-2-4-6-15;/h2-8,12,14,19-20,24H,9-11,13,23H2,1H3;1H/t14-,19?,20-;/m0./s1. The number of benzene rings is 2. The van der Waals surface area contributed by atoms with Gasteiger partial charge >= 0.3 is 0 Å². The van der Waals surface area contributed by atoms with Crippen LogP contribution in [0.2, 0.25) is 0 Å². The van der Waals surface area contributed by atoms with Crippen LogP contribution in [-0.4, -0.2) is 26.3 Å². The zero-order chi connectivity index (χ0) is 19.2. The van der Waals surface area contributed by atoms with Crippen LogP contribution in [0.1, 0.15) is 41.7 Å². The van der Waals surface area contributed by atoms with Crippen LogP contribution in [0.3, 0.4) is 0 Å². The van der Waals surface area contributed by atoms with Crippen LogP contribution in [-0.2, 0) is 21.8 Å². The summed E-state index contributed by atoms with van der Waals surface area (Å²) in [5, 5.41) is 2.01. The SMILES string of the molecule is C[C@@H]1NC[C@@H](c2ccccc2)S(=O)(=O)C1Cc1ccc(C2(N)CC2)cc1F.Cl. The molecule has 2 fully saturated rings. The third kappa shape index (κ3) is 3.83. The maximum absolute atomic E-state index is 14.7. The van der Waals surface area contributed by atoms with E-state index in [0.29, 0.717) is 12.1 Å². The number of nitrogens with two attached hydrogens (primary N) is 1. The highest BCUT2D eigenvalue weighted by Gasteiger charge is 2.43. The first-order valence-corrected chi connectivity index (χ1v) is 11.0. The molecular weight excluding hydrogens is 399 g/mol. The topological polar surface area (TPSA) is 72.2 Å². The van der Waals surface area contributed by atoms with Crippen LogP contribution >= 0.6 is 12.4 Å². The van der Waals surface area contributed by atoms with Crippen molar-refractivity contribution in [1.29, 1.82) is 0 Å². The van der Waals surface area contributed by atoms with E-state index in [4.69, 9.17) is 5.73 Å². The average molecular weight is 425 g/mol. The summed E-state index contributed by atoms with van der Waals surface area (Å²) in [5.74, 6) is -0.367. The Kier molecular flexibility index (Phi) is 5.88. The maximum Gasteiger partial charge on any atom is 0.163 e. The van der Waals surface area contributed by atoms with Crippen LogP contribution in [0.15, 0.2) is 48.5 Å². The Balaban J connectivity index is 0.00000225. The third-order valence-electron chi connectivity index (χ3n) is 6.01. The van der Waals surface area contributed by atoms with Gasteiger partial charge in [0.25, 0.3) is 0 Å². The van der Waals surface area contributed by atoms with Gasteiger partial charge in [-0.05, 0) is 48.9 Å². The lowest BCUT2D eigenvalue weighted by atomic mass is 9.99. The van der Waals surface area contributed by atoms with Crippen LogP contribution < -0.4 is 11.1 Å². The summed E-state index contributed by atoms with van der Waals surface area (Å²) in [6.07, 6.45) is 1.88. The fourth-order valence-electron chi connectivity index (χ4n) is 3.97. The van der Waals surface area contributed by atoms with E-state index in [1.165, 1.54) is 6.07 Å². The number of hydrogen-bond donors (Lipinski definition) is 2. The number of sulfone groups is 1. The molecule has 2 aromatic carbocycles. The largest absolute Gasteiger partial charge is 0.321 e. The quantitative estimate of drug-likeness (QED) is 0.790. The molecule has 0 aromatic heterocycles. The Morgan fingerprint density at radius 1 is 1.18 bits per heavy atom. The summed E-state index contributed by atoms with van der Waals surface area (Å²) in [5.41, 5.74) is 7.75. The second kappa shape index (κ2) is 7.75. The van der Waals surface area contributed by atoms with E-state index in [-0.39, 0.29) is 30.7 Å². The van der Waals surface area contributed by atoms with Crippen molar-refractivity contribution in [3.63, 3.8) is 0 Å². The first-order chi connectivity index (χ1) is 12.8. The summed E-state index contributed by atoms with van der Waals surface area (Å²) in [6, 6.07) is 14.0. The molecule has 1 heterocycles. The summed E-state index contributed by atoms with van der Waals surface area (Å²) in [4.78, 5) is 0. The zero-order valence-electron chi connectivity index (χ0n) is 15.8. The molecule has 0 radical (unpaired) electrons. The Morgan fingerprint density at radius 3 is 2.46 bits per heavy atom. The average Bonchev–Trinajstić information content (AvgIpc) is 3.39. The van der Waals surface area contributed by atoms with Gasteiger partial charge in [-0.25, -0.2) is 12.8 Å². The molecule has 2 aliphatic rings. The van der Waals surface area contributed by atoms with Crippen LogP contribution in [0.25, 0.3) is 0 Å². The molecule has 1 saturated heterocycles. The minimum Gasteiger partial charge on any atom is -0.321 e. The normalized spacial score (nSPS) is 27.6. The summed E-state index contributed by atoms with van der Waals surface area (Å²) >= 11 is 0. The van der Waals surface area contributed by atoms with Gasteiger partial charge in [0.15, 0.2) is 9.84 Å². The van der Waals surface area contributed by atoms with E-state index >= 15 is 0 Å². The molecule has 4 rings (SSSR count). The molecule has 7 heteroatoms. The molecule has 2 aromatic rings. The molecule has 0 bridgehead atoms. The highest BCUT2D eigenvalue weighted by Crippen LogP contribution is 2.43. The molecule has 0 amide bonds. The van der Waals surface area contributed by atoms with Crippen molar-refractivity contribution < 1.29 is 12.8 Å². The van der Waals surface area contributed by atoms with Crippen molar-refractivity contribution in [3.05, 3.63) is 71.0 Å². The zero-order valence-corrected chi connectivity index (χ0v) is 17.4. The van der Waals surface area contributed by atoms with Crippen molar-refractivity contribution in [2.75, 3.05) is 6.54 Å². The fraction of sp³-hybridized carbons (Fsp3) is 0.429. The van der Waals surface area contributed by atoms with Gasteiger partial charge in [0.05, 0.1) is 10.5 Å². The van der Waals surface area contributed by atoms with Gasteiger partial charge in [-0.1, -0.05) is 42.5 Å². The number of nitrogens with one attached hydrogen (secondary N) is 1. The van der Waals surface area contributed by atoms with Crippen molar-refractivity contribution in [1.82, 2.24) is 5.32 Å². The molecule has 4 nitrogen and oxygen atoms in total. The first-order valence-electron chi connectivity index (χ1n) is 9.40. The van der Waals surface area contributed by atoms with E-state index < -0.39 is 25.9 Å². The van der Waals surface area contributed by atoms with E-state index in [0.717, 1.165) is 24.0 Å². The predicted octanol–water partition coefficient (Wildman–Crippen LogP) is 3.25. The van der Waals surface area contributed by atoms with Gasteiger partial charge < -0.3 is 11.1 Å². The van der Waals surface area contributed by atoms with Crippen LogP contribution in [0, 0.1) is 5.82 Å². The summed E-state index contributed by atoms with van der Waals surface area (Å²) in [6.45, 7) is 2.23. The maximum atomic E-state index is 14.7. The Labute approximate surface area is 172 Å². The summed E-state index contributed by atoms with van der Waals surface area (Å²) in [7, 11) is -3.46. The number of hydrogen-bond acceptors (Lipinski definition) is 4. The van der Waals surface area contributed by atoms with Gasteiger partial charge in [-0.2, -0.15) is 0 Å². The van der Waals surface area contributed by atoms with Gasteiger partial charge in [0.2, 0.25) is 0 Å². The third-order valence-corrected chi connectivity index (χ3v) is 8.66. The predicted molar refractivity (Wildman–Crippen MR) is 112 cm³/mol. The Hall–Kier alpha value is -1.47. The monoisotopic (exact) mass is 424 g/mol. The summed E-state index contributed by atoms with van der Waals surface area (Å²) < 4.78 is 41.3. The highest BCUT2D eigenvalue weighted by atomic mass is 35.5. The lowest BCUT2D eigenvalue weighted by Crippen LogP contribution is -2.53. The van der Waals surface area contributed by atoms with Crippen molar-refractivity contribution in [2.45, 2.75) is 48.3 Å². The van der Waals surface area contributed by atoms with Crippen LogP contribution in [0.5, 0.6) is 0 Å². The lowest BCUT2D eigenvalue weighted by molar-refractivity contribution is 0.447. The van der Waals surface area contributed by atoms with Crippen molar-refractivity contribution in [2.24, 2.45) is 5.73 Å². The molecule has 152 valence electrons. The molecule has 1 aliphatic carbocycles. The smallest absolute Gasteiger partial charge is 0.163 e. The molecule has 1 unspecified atom stereocenters. The van der Waals surface area contributed by atoms with E-state index in [9.17, 15) is 12.8 Å². The Morgan fingerprint density at radius 2 is 1.86 bits per heavy atom.